The number of pyridine rings is 1. The van der Waals surface area contributed by atoms with Gasteiger partial charge in [0, 0.05) is 16.1 Å². The number of carbonyl (C=O) groups excluding carboxylic acids is 1. The second-order valence-corrected chi connectivity index (χ2v) is 9.02. The van der Waals surface area contributed by atoms with E-state index in [9.17, 15) is 17.6 Å². The molecule has 0 aliphatic rings. The lowest BCUT2D eigenvalue weighted by Gasteiger charge is -2.13. The first kappa shape index (κ1) is 20.6. The lowest BCUT2D eigenvalue weighted by molar-refractivity contribution is 0.102. The number of hydrogen-bond acceptors (Lipinski definition) is 4. The molecule has 3 rings (SSSR count). The highest BCUT2D eigenvalue weighted by Gasteiger charge is 2.22. The standard InChI is InChI=1S/C17H15BrClFN4O3S/c1-2-5-28(26,27)24-13-4-3-12(19)14(15(13)20)17(25)23-9-6-10-11(18)8-22-16(10)21-7-9/h3-4,6-8,24H,2,5H2,1H3,(H,21,22)(H,23,25). The van der Waals surface area contributed by atoms with Crippen molar-refractivity contribution in [2.45, 2.75) is 13.3 Å². The lowest BCUT2D eigenvalue weighted by atomic mass is 10.1. The maximum Gasteiger partial charge on any atom is 0.260 e. The Labute approximate surface area is 173 Å². The van der Waals surface area contributed by atoms with Crippen LogP contribution in [0.2, 0.25) is 5.02 Å². The van der Waals surface area contributed by atoms with Crippen LogP contribution in [0.1, 0.15) is 23.7 Å². The molecular weight excluding hydrogens is 475 g/mol. The van der Waals surface area contributed by atoms with Crippen LogP contribution >= 0.6 is 27.5 Å². The predicted molar refractivity (Wildman–Crippen MR) is 111 cm³/mol. The average Bonchev–Trinajstić information content (AvgIpc) is 2.98. The van der Waals surface area contributed by atoms with Crippen molar-refractivity contribution < 1.29 is 17.6 Å². The SMILES string of the molecule is CCCS(=O)(=O)Nc1ccc(Cl)c(C(=O)Nc2cnc3[nH]cc(Br)c3c2)c1F. The Hall–Kier alpha value is -2.17. The zero-order valence-electron chi connectivity index (χ0n) is 14.5. The highest BCUT2D eigenvalue weighted by atomic mass is 79.9. The van der Waals surface area contributed by atoms with Crippen molar-refractivity contribution in [3.05, 3.63) is 51.5 Å². The fraction of sp³-hybridized carbons (Fsp3) is 0.176. The molecule has 11 heteroatoms. The summed E-state index contributed by atoms with van der Waals surface area (Å²) in [4.78, 5) is 19.7. The number of anilines is 2. The molecule has 3 aromatic rings. The van der Waals surface area contributed by atoms with Gasteiger partial charge >= 0.3 is 0 Å². The summed E-state index contributed by atoms with van der Waals surface area (Å²) >= 11 is 9.35. The third kappa shape index (κ3) is 4.29. The summed E-state index contributed by atoms with van der Waals surface area (Å²) in [5.41, 5.74) is 0.128. The minimum Gasteiger partial charge on any atom is -0.345 e. The topological polar surface area (TPSA) is 104 Å². The molecule has 7 nitrogen and oxygen atoms in total. The number of aromatic amines is 1. The molecular formula is C17H15BrClFN4O3S. The van der Waals surface area contributed by atoms with E-state index in [4.69, 9.17) is 11.6 Å². The maximum atomic E-state index is 14.8. The van der Waals surface area contributed by atoms with Crippen LogP contribution in [0.25, 0.3) is 11.0 Å². The Morgan fingerprint density at radius 2 is 2.14 bits per heavy atom. The molecule has 1 aromatic carbocycles. The molecule has 1 amide bonds. The van der Waals surface area contributed by atoms with Crippen LogP contribution in [0.15, 0.2) is 35.1 Å². The number of sulfonamides is 1. The van der Waals surface area contributed by atoms with Gasteiger partial charge in [-0.05, 0) is 40.5 Å². The van der Waals surface area contributed by atoms with Crippen molar-refractivity contribution >= 4 is 65.9 Å². The van der Waals surface area contributed by atoms with Gasteiger partial charge in [-0.25, -0.2) is 17.8 Å². The molecule has 0 saturated carbocycles. The van der Waals surface area contributed by atoms with E-state index in [-0.39, 0.29) is 16.5 Å². The largest absolute Gasteiger partial charge is 0.345 e. The highest BCUT2D eigenvalue weighted by Crippen LogP contribution is 2.29. The molecule has 0 atom stereocenters. The van der Waals surface area contributed by atoms with Gasteiger partial charge in [0.25, 0.3) is 5.91 Å². The summed E-state index contributed by atoms with van der Waals surface area (Å²) in [7, 11) is -3.73. The van der Waals surface area contributed by atoms with E-state index in [2.05, 4.69) is 35.9 Å². The molecule has 28 heavy (non-hydrogen) atoms. The van der Waals surface area contributed by atoms with Crippen molar-refractivity contribution in [3.8, 4) is 0 Å². The first-order chi connectivity index (χ1) is 13.2. The summed E-state index contributed by atoms with van der Waals surface area (Å²) in [6, 6.07) is 4.08. The summed E-state index contributed by atoms with van der Waals surface area (Å²) < 4.78 is 41.5. The summed E-state index contributed by atoms with van der Waals surface area (Å²) in [6.07, 6.45) is 3.47. The number of aromatic nitrogens is 2. The molecule has 2 aromatic heterocycles. The molecule has 3 N–H and O–H groups in total. The van der Waals surface area contributed by atoms with Gasteiger partial charge in [-0.15, -0.1) is 0 Å². The van der Waals surface area contributed by atoms with Gasteiger partial charge in [0.1, 0.15) is 5.65 Å². The van der Waals surface area contributed by atoms with E-state index < -0.39 is 27.3 Å². The fourth-order valence-corrected chi connectivity index (χ4v) is 4.34. The summed E-state index contributed by atoms with van der Waals surface area (Å²) in [6.45, 7) is 1.68. The number of hydrogen-bond donors (Lipinski definition) is 3. The number of H-pyrrole nitrogens is 1. The molecule has 148 valence electrons. The van der Waals surface area contributed by atoms with Crippen LogP contribution in [0.5, 0.6) is 0 Å². The summed E-state index contributed by atoms with van der Waals surface area (Å²) in [5.74, 6) is -2.05. The normalized spacial score (nSPS) is 11.6. The van der Waals surface area contributed by atoms with Gasteiger partial charge in [0.05, 0.1) is 33.9 Å². The van der Waals surface area contributed by atoms with Gasteiger partial charge in [-0.1, -0.05) is 18.5 Å². The quantitative estimate of drug-likeness (QED) is 0.473. The molecule has 2 heterocycles. The monoisotopic (exact) mass is 488 g/mol. The summed E-state index contributed by atoms with van der Waals surface area (Å²) in [5, 5.41) is 3.11. The second-order valence-electron chi connectivity index (χ2n) is 5.92. The van der Waals surface area contributed by atoms with E-state index in [0.717, 1.165) is 9.86 Å². The third-order valence-electron chi connectivity index (χ3n) is 3.79. The van der Waals surface area contributed by atoms with E-state index in [1.807, 2.05) is 0 Å². The van der Waals surface area contributed by atoms with Gasteiger partial charge in [0.15, 0.2) is 5.82 Å². The van der Waals surface area contributed by atoms with E-state index >= 15 is 0 Å². The minimum atomic E-state index is -3.73. The van der Waals surface area contributed by atoms with E-state index in [0.29, 0.717) is 17.8 Å². The Balaban J connectivity index is 1.92. The van der Waals surface area contributed by atoms with Gasteiger partial charge in [-0.3, -0.25) is 9.52 Å². The Morgan fingerprint density at radius 3 is 2.86 bits per heavy atom. The van der Waals surface area contributed by atoms with Gasteiger partial charge < -0.3 is 10.3 Å². The molecule has 0 aliphatic heterocycles. The van der Waals surface area contributed by atoms with Crippen LogP contribution in [0.3, 0.4) is 0 Å². The van der Waals surface area contributed by atoms with E-state index in [1.165, 1.54) is 18.3 Å². The molecule has 0 spiro atoms. The van der Waals surface area contributed by atoms with Crippen LogP contribution in [-0.4, -0.2) is 30.0 Å². The van der Waals surface area contributed by atoms with Crippen LogP contribution < -0.4 is 10.0 Å². The van der Waals surface area contributed by atoms with Crippen molar-refractivity contribution in [1.82, 2.24) is 9.97 Å². The average molecular weight is 490 g/mol. The van der Waals surface area contributed by atoms with Crippen LogP contribution in [0, 0.1) is 5.82 Å². The van der Waals surface area contributed by atoms with Gasteiger partial charge in [0.2, 0.25) is 10.0 Å². The first-order valence-corrected chi connectivity index (χ1v) is 11.0. The molecule has 0 aliphatic carbocycles. The number of nitrogens with one attached hydrogen (secondary N) is 3. The number of rotatable bonds is 6. The molecule has 0 bridgehead atoms. The molecule has 0 radical (unpaired) electrons. The van der Waals surface area contributed by atoms with Crippen molar-refractivity contribution in [1.29, 1.82) is 0 Å². The predicted octanol–water partition coefficient (Wildman–Crippen LogP) is 4.52. The Kier molecular flexibility index (Phi) is 5.92. The van der Waals surface area contributed by atoms with Gasteiger partial charge in [-0.2, -0.15) is 0 Å². The molecule has 0 fully saturated rings. The van der Waals surface area contributed by atoms with Crippen molar-refractivity contribution in [3.63, 3.8) is 0 Å². The third-order valence-corrected chi connectivity index (χ3v) is 6.24. The Morgan fingerprint density at radius 1 is 1.39 bits per heavy atom. The number of nitrogens with zero attached hydrogens (tertiary/aromatic N) is 1. The number of carbonyl (C=O) groups is 1. The maximum absolute atomic E-state index is 14.8. The minimum absolute atomic E-state index is 0.148. The van der Waals surface area contributed by atoms with E-state index in [1.54, 1.807) is 19.2 Å². The molecule has 0 saturated heterocycles. The number of fused-ring (bicyclic) bond motifs is 1. The van der Waals surface area contributed by atoms with Crippen molar-refractivity contribution in [2.24, 2.45) is 0 Å². The highest BCUT2D eigenvalue weighted by molar-refractivity contribution is 9.10. The zero-order chi connectivity index (χ0) is 20.5. The number of halogens is 3. The smallest absolute Gasteiger partial charge is 0.260 e. The first-order valence-electron chi connectivity index (χ1n) is 8.14. The van der Waals surface area contributed by atoms with Crippen LogP contribution in [-0.2, 0) is 10.0 Å². The second kappa shape index (κ2) is 8.06. The van der Waals surface area contributed by atoms with Crippen LogP contribution in [0.4, 0.5) is 15.8 Å². The number of amides is 1. The Bertz CT molecular complexity index is 1170. The van der Waals surface area contributed by atoms with Crippen molar-refractivity contribution in [2.75, 3.05) is 15.8 Å². The zero-order valence-corrected chi connectivity index (χ0v) is 17.7. The fourth-order valence-electron chi connectivity index (χ4n) is 2.56. The lowest BCUT2D eigenvalue weighted by Crippen LogP contribution is -2.20. The number of benzene rings is 1. The molecule has 0 unspecified atom stereocenters.